The normalized spacial score (nSPS) is 11.1. The van der Waals surface area contributed by atoms with Gasteiger partial charge in [0.2, 0.25) is 0 Å². The standard InChI is InChI=1S/C16H13NO5S/c1-22-13-6-2-11(3-7-13)10-15(16(18)19)23-14-8-4-12(5-9-14)17(20)21/h2-10H,1H3,(H,18,19)/p-1/b15-10+. The summed E-state index contributed by atoms with van der Waals surface area (Å²) < 4.78 is 5.04. The Balaban J connectivity index is 2.22. The molecule has 0 saturated heterocycles. The van der Waals surface area contributed by atoms with Gasteiger partial charge in [-0.3, -0.25) is 10.1 Å². The third-order valence-electron chi connectivity index (χ3n) is 2.89. The van der Waals surface area contributed by atoms with Crippen molar-refractivity contribution in [3.63, 3.8) is 0 Å². The number of nitrogens with zero attached hydrogens (tertiary/aromatic N) is 1. The first-order chi connectivity index (χ1) is 11.0. The zero-order valence-electron chi connectivity index (χ0n) is 12.1. The molecule has 0 unspecified atom stereocenters. The van der Waals surface area contributed by atoms with Crippen molar-refractivity contribution in [2.45, 2.75) is 4.90 Å². The molecule has 2 aromatic carbocycles. The van der Waals surface area contributed by atoms with Crippen molar-refractivity contribution in [3.05, 3.63) is 69.1 Å². The Labute approximate surface area is 136 Å². The minimum atomic E-state index is -1.32. The van der Waals surface area contributed by atoms with Crippen LogP contribution in [-0.4, -0.2) is 18.0 Å². The molecule has 0 saturated carbocycles. The van der Waals surface area contributed by atoms with E-state index in [9.17, 15) is 20.0 Å². The van der Waals surface area contributed by atoms with E-state index >= 15 is 0 Å². The number of carboxylic acid groups (broad SMARTS) is 1. The second kappa shape index (κ2) is 7.46. The average molecular weight is 330 g/mol. The van der Waals surface area contributed by atoms with E-state index in [4.69, 9.17) is 4.74 Å². The van der Waals surface area contributed by atoms with Crippen molar-refractivity contribution in [1.29, 1.82) is 0 Å². The summed E-state index contributed by atoms with van der Waals surface area (Å²) in [6, 6.07) is 12.5. The topological polar surface area (TPSA) is 92.5 Å². The Bertz CT molecular complexity index is 738. The second-order valence-electron chi connectivity index (χ2n) is 4.42. The number of non-ortho nitro benzene ring substituents is 1. The molecule has 7 heteroatoms. The first-order valence-corrected chi connectivity index (χ1v) is 7.30. The lowest BCUT2D eigenvalue weighted by molar-refractivity contribution is -0.384. The van der Waals surface area contributed by atoms with E-state index in [0.717, 1.165) is 11.8 Å². The van der Waals surface area contributed by atoms with Crippen LogP contribution in [0.1, 0.15) is 5.56 Å². The number of benzene rings is 2. The van der Waals surface area contributed by atoms with Gasteiger partial charge in [0.25, 0.3) is 5.69 Å². The predicted molar refractivity (Wildman–Crippen MR) is 84.9 cm³/mol. The first kappa shape index (κ1) is 16.6. The van der Waals surface area contributed by atoms with Crippen LogP contribution in [0.15, 0.2) is 58.3 Å². The molecule has 0 heterocycles. The van der Waals surface area contributed by atoms with Crippen LogP contribution in [0, 0.1) is 10.1 Å². The van der Waals surface area contributed by atoms with Gasteiger partial charge in [-0.15, -0.1) is 0 Å². The lowest BCUT2D eigenvalue weighted by atomic mass is 10.2. The molecule has 0 radical (unpaired) electrons. The monoisotopic (exact) mass is 330 g/mol. The first-order valence-electron chi connectivity index (χ1n) is 6.49. The van der Waals surface area contributed by atoms with Gasteiger partial charge in [-0.25, -0.2) is 0 Å². The summed E-state index contributed by atoms with van der Waals surface area (Å²) in [6.07, 6.45) is 1.47. The SMILES string of the molecule is COc1ccc(/C=C(/Sc2ccc([N+](=O)[O-])cc2)C(=O)[O-])cc1. The van der Waals surface area contributed by atoms with Gasteiger partial charge in [0, 0.05) is 21.9 Å². The van der Waals surface area contributed by atoms with Crippen molar-refractivity contribution in [2.24, 2.45) is 0 Å². The van der Waals surface area contributed by atoms with Gasteiger partial charge in [-0.2, -0.15) is 0 Å². The highest BCUT2D eigenvalue weighted by atomic mass is 32.2. The molecule has 6 nitrogen and oxygen atoms in total. The number of carboxylic acids is 1. The molecule has 2 rings (SSSR count). The number of carbonyl (C=O) groups is 1. The molecule has 0 atom stereocenters. The lowest BCUT2D eigenvalue weighted by Gasteiger charge is -2.09. The van der Waals surface area contributed by atoms with E-state index < -0.39 is 10.9 Å². The summed E-state index contributed by atoms with van der Waals surface area (Å²) in [6.45, 7) is 0. The molecule has 2 aromatic rings. The number of carbonyl (C=O) groups excluding carboxylic acids is 1. The lowest BCUT2D eigenvalue weighted by Crippen LogP contribution is -2.22. The Kier molecular flexibility index (Phi) is 5.37. The number of nitro benzene ring substituents is 1. The van der Waals surface area contributed by atoms with E-state index in [-0.39, 0.29) is 10.6 Å². The minimum Gasteiger partial charge on any atom is -0.544 e. The molecule has 0 aliphatic rings. The molecule has 118 valence electrons. The maximum absolute atomic E-state index is 11.3. The van der Waals surface area contributed by atoms with Crippen LogP contribution in [0.4, 0.5) is 5.69 Å². The molecule has 23 heavy (non-hydrogen) atoms. The summed E-state index contributed by atoms with van der Waals surface area (Å²) in [5.74, 6) is -0.649. The van der Waals surface area contributed by atoms with Crippen LogP contribution in [0.25, 0.3) is 6.08 Å². The molecule has 0 aliphatic heterocycles. The van der Waals surface area contributed by atoms with Crippen molar-refractivity contribution in [3.8, 4) is 5.75 Å². The molecule has 0 bridgehead atoms. The maximum Gasteiger partial charge on any atom is 0.269 e. The third kappa shape index (κ3) is 4.58. The average Bonchev–Trinajstić information content (AvgIpc) is 2.55. The molecule has 0 amide bonds. The molecular formula is C16H12NO5S-. The van der Waals surface area contributed by atoms with E-state index in [0.29, 0.717) is 16.2 Å². The smallest absolute Gasteiger partial charge is 0.269 e. The zero-order valence-corrected chi connectivity index (χ0v) is 12.9. The summed E-state index contributed by atoms with van der Waals surface area (Å²) in [7, 11) is 1.54. The highest BCUT2D eigenvalue weighted by Gasteiger charge is 2.07. The van der Waals surface area contributed by atoms with Crippen LogP contribution in [0.3, 0.4) is 0 Å². The number of hydrogen-bond donors (Lipinski definition) is 0. The van der Waals surface area contributed by atoms with Crippen molar-refractivity contribution in [1.82, 2.24) is 0 Å². The van der Waals surface area contributed by atoms with E-state index in [1.807, 2.05) is 0 Å². The summed E-state index contributed by atoms with van der Waals surface area (Å²) in [5, 5.41) is 21.9. The Morgan fingerprint density at radius 1 is 1.13 bits per heavy atom. The molecular weight excluding hydrogens is 318 g/mol. The molecule has 0 aromatic heterocycles. The fourth-order valence-electron chi connectivity index (χ4n) is 1.74. The van der Waals surface area contributed by atoms with Crippen LogP contribution in [-0.2, 0) is 4.79 Å². The van der Waals surface area contributed by atoms with E-state index in [2.05, 4.69) is 0 Å². The highest BCUT2D eigenvalue weighted by Crippen LogP contribution is 2.29. The van der Waals surface area contributed by atoms with Crippen molar-refractivity contribution in [2.75, 3.05) is 7.11 Å². The van der Waals surface area contributed by atoms with Crippen molar-refractivity contribution >= 4 is 29.5 Å². The fourth-order valence-corrected chi connectivity index (χ4v) is 2.55. The van der Waals surface area contributed by atoms with E-state index in [1.165, 1.54) is 30.3 Å². The minimum absolute atomic E-state index is 0.00372. The second-order valence-corrected chi connectivity index (χ2v) is 5.54. The molecule has 0 N–H and O–H groups in total. The van der Waals surface area contributed by atoms with Crippen LogP contribution in [0.2, 0.25) is 0 Å². The number of methoxy groups -OCH3 is 1. The van der Waals surface area contributed by atoms with Gasteiger partial charge in [-0.1, -0.05) is 23.9 Å². The highest BCUT2D eigenvalue weighted by molar-refractivity contribution is 8.04. The Morgan fingerprint density at radius 2 is 1.74 bits per heavy atom. The van der Waals surface area contributed by atoms with Gasteiger partial charge in [0.15, 0.2) is 0 Å². The number of hydrogen-bond acceptors (Lipinski definition) is 6. The fraction of sp³-hybridized carbons (Fsp3) is 0.0625. The van der Waals surface area contributed by atoms with Gasteiger partial charge in [-0.05, 0) is 35.9 Å². The summed E-state index contributed by atoms with van der Waals surface area (Å²) >= 11 is 0.967. The Morgan fingerprint density at radius 3 is 2.22 bits per heavy atom. The third-order valence-corrected chi connectivity index (χ3v) is 3.90. The van der Waals surface area contributed by atoms with Gasteiger partial charge in [0.05, 0.1) is 18.0 Å². The number of thioether (sulfide) groups is 1. The molecule has 0 spiro atoms. The summed E-state index contributed by atoms with van der Waals surface area (Å²) in [5.41, 5.74) is 0.628. The van der Waals surface area contributed by atoms with Gasteiger partial charge < -0.3 is 14.6 Å². The molecule has 0 fully saturated rings. The maximum atomic E-state index is 11.3. The molecule has 0 aliphatic carbocycles. The van der Waals surface area contributed by atoms with Crippen LogP contribution < -0.4 is 9.84 Å². The Hall–Kier alpha value is -2.80. The number of aliphatic carboxylic acids is 1. The number of nitro groups is 1. The number of rotatable bonds is 6. The van der Waals surface area contributed by atoms with Crippen LogP contribution in [0.5, 0.6) is 5.75 Å². The van der Waals surface area contributed by atoms with Gasteiger partial charge in [0.1, 0.15) is 5.75 Å². The van der Waals surface area contributed by atoms with Crippen molar-refractivity contribution < 1.29 is 19.6 Å². The predicted octanol–water partition coefficient (Wildman–Crippen LogP) is 2.49. The largest absolute Gasteiger partial charge is 0.544 e. The van der Waals surface area contributed by atoms with E-state index in [1.54, 1.807) is 31.4 Å². The van der Waals surface area contributed by atoms with Crippen LogP contribution >= 0.6 is 11.8 Å². The quantitative estimate of drug-likeness (QED) is 0.350. The van der Waals surface area contributed by atoms with Gasteiger partial charge >= 0.3 is 0 Å². The number of ether oxygens (including phenoxy) is 1. The summed E-state index contributed by atoms with van der Waals surface area (Å²) in [4.78, 5) is 21.9. The zero-order chi connectivity index (χ0) is 16.8.